The summed E-state index contributed by atoms with van der Waals surface area (Å²) in [5.74, 6) is -0.260. The molecule has 0 amide bonds. The van der Waals surface area contributed by atoms with Crippen molar-refractivity contribution in [2.24, 2.45) is 0 Å². The smallest absolute Gasteiger partial charge is 0.136 e. The first-order valence-electron chi connectivity index (χ1n) is 4.67. The molecule has 0 aliphatic rings. The number of nitrogens with zero attached hydrogens (tertiary/aromatic N) is 1. The van der Waals surface area contributed by atoms with Gasteiger partial charge < -0.3 is 0 Å². The van der Waals surface area contributed by atoms with Crippen LogP contribution in [0.25, 0.3) is 11.1 Å². The van der Waals surface area contributed by atoms with Crippen molar-refractivity contribution in [2.45, 2.75) is 5.33 Å². The summed E-state index contributed by atoms with van der Waals surface area (Å²) in [6, 6.07) is 8.14. The lowest BCUT2D eigenvalue weighted by molar-refractivity contribution is 0.628. The third kappa shape index (κ3) is 2.42. The topological polar surface area (TPSA) is 12.9 Å². The Bertz CT molecular complexity index is 499. The molecule has 0 radical (unpaired) electrons. The average Bonchev–Trinajstić information content (AvgIpc) is 2.31. The second kappa shape index (κ2) is 4.93. The zero-order chi connectivity index (χ0) is 11.5. The summed E-state index contributed by atoms with van der Waals surface area (Å²) < 4.78 is 12.8. The molecule has 16 heavy (non-hydrogen) atoms. The predicted molar refractivity (Wildman–Crippen MR) is 67.3 cm³/mol. The van der Waals surface area contributed by atoms with E-state index in [0.717, 1.165) is 16.7 Å². The van der Waals surface area contributed by atoms with Crippen LogP contribution in [0.2, 0.25) is 5.15 Å². The number of alkyl halides is 1. The summed E-state index contributed by atoms with van der Waals surface area (Å²) in [7, 11) is 0. The molecule has 0 fully saturated rings. The average molecular weight is 301 g/mol. The van der Waals surface area contributed by atoms with Crippen LogP contribution in [-0.2, 0) is 5.33 Å². The van der Waals surface area contributed by atoms with Gasteiger partial charge in [0.15, 0.2) is 0 Å². The van der Waals surface area contributed by atoms with Crippen molar-refractivity contribution < 1.29 is 4.39 Å². The van der Waals surface area contributed by atoms with Gasteiger partial charge in [0, 0.05) is 17.1 Å². The SMILES string of the molecule is Fc1ccc(-c2cc(CBr)cnc2Cl)cc1. The first kappa shape index (κ1) is 11.6. The lowest BCUT2D eigenvalue weighted by Gasteiger charge is -2.05. The highest BCUT2D eigenvalue weighted by atomic mass is 79.9. The van der Waals surface area contributed by atoms with Gasteiger partial charge >= 0.3 is 0 Å². The Hall–Kier alpha value is -0.930. The third-order valence-electron chi connectivity index (χ3n) is 2.21. The van der Waals surface area contributed by atoms with Crippen LogP contribution in [0.5, 0.6) is 0 Å². The minimum absolute atomic E-state index is 0.260. The number of rotatable bonds is 2. The third-order valence-corrected chi connectivity index (χ3v) is 3.15. The molecule has 0 atom stereocenters. The summed E-state index contributed by atoms with van der Waals surface area (Å²) in [6.45, 7) is 0. The van der Waals surface area contributed by atoms with Gasteiger partial charge in [-0.2, -0.15) is 0 Å². The van der Waals surface area contributed by atoms with Crippen molar-refractivity contribution in [1.82, 2.24) is 4.98 Å². The summed E-state index contributed by atoms with van der Waals surface area (Å²) in [4.78, 5) is 4.09. The van der Waals surface area contributed by atoms with E-state index in [9.17, 15) is 4.39 Å². The first-order chi connectivity index (χ1) is 7.70. The van der Waals surface area contributed by atoms with Crippen molar-refractivity contribution in [2.75, 3.05) is 0 Å². The van der Waals surface area contributed by atoms with Crippen molar-refractivity contribution >= 4 is 27.5 Å². The molecule has 0 saturated heterocycles. The van der Waals surface area contributed by atoms with Gasteiger partial charge in [-0.15, -0.1) is 0 Å². The van der Waals surface area contributed by atoms with Gasteiger partial charge in [0.1, 0.15) is 11.0 Å². The Morgan fingerprint density at radius 3 is 2.56 bits per heavy atom. The minimum Gasteiger partial charge on any atom is -0.244 e. The van der Waals surface area contributed by atoms with Gasteiger partial charge in [0.25, 0.3) is 0 Å². The molecule has 1 nitrogen and oxygen atoms in total. The number of pyridine rings is 1. The Morgan fingerprint density at radius 2 is 1.94 bits per heavy atom. The van der Waals surface area contributed by atoms with Gasteiger partial charge in [-0.05, 0) is 29.3 Å². The quantitative estimate of drug-likeness (QED) is 0.590. The maximum atomic E-state index is 12.8. The van der Waals surface area contributed by atoms with Crippen LogP contribution in [0.1, 0.15) is 5.56 Å². The molecular formula is C12H8BrClFN. The lowest BCUT2D eigenvalue weighted by atomic mass is 10.1. The first-order valence-corrected chi connectivity index (χ1v) is 6.17. The van der Waals surface area contributed by atoms with Crippen LogP contribution in [0, 0.1) is 5.82 Å². The molecule has 2 aromatic rings. The monoisotopic (exact) mass is 299 g/mol. The van der Waals surface area contributed by atoms with E-state index in [1.165, 1.54) is 12.1 Å². The molecule has 82 valence electrons. The molecule has 1 aromatic heterocycles. The highest BCUT2D eigenvalue weighted by Crippen LogP contribution is 2.27. The Labute approximate surface area is 106 Å². The van der Waals surface area contributed by atoms with E-state index < -0.39 is 0 Å². The van der Waals surface area contributed by atoms with Crippen LogP contribution in [0.4, 0.5) is 4.39 Å². The lowest BCUT2D eigenvalue weighted by Crippen LogP contribution is -1.87. The van der Waals surface area contributed by atoms with Gasteiger partial charge in [0.05, 0.1) is 0 Å². The predicted octanol–water partition coefficient (Wildman–Crippen LogP) is 4.44. The number of halogens is 3. The van der Waals surface area contributed by atoms with E-state index in [2.05, 4.69) is 20.9 Å². The molecule has 0 aliphatic carbocycles. The maximum Gasteiger partial charge on any atom is 0.136 e. The van der Waals surface area contributed by atoms with E-state index in [1.54, 1.807) is 18.3 Å². The highest BCUT2D eigenvalue weighted by molar-refractivity contribution is 9.08. The Balaban J connectivity index is 2.50. The van der Waals surface area contributed by atoms with Crippen molar-refractivity contribution in [3.05, 3.63) is 53.1 Å². The van der Waals surface area contributed by atoms with E-state index in [-0.39, 0.29) is 5.82 Å². The molecule has 0 spiro atoms. The van der Waals surface area contributed by atoms with Crippen LogP contribution in [0.3, 0.4) is 0 Å². The van der Waals surface area contributed by atoms with E-state index in [1.807, 2.05) is 6.07 Å². The van der Waals surface area contributed by atoms with Gasteiger partial charge in [-0.25, -0.2) is 9.37 Å². The molecule has 0 bridgehead atoms. The maximum absolute atomic E-state index is 12.8. The van der Waals surface area contributed by atoms with Crippen LogP contribution in [-0.4, -0.2) is 4.98 Å². The Kier molecular flexibility index (Phi) is 3.56. The zero-order valence-corrected chi connectivity index (χ0v) is 10.6. The molecule has 0 unspecified atom stereocenters. The van der Waals surface area contributed by atoms with Crippen molar-refractivity contribution in [3.8, 4) is 11.1 Å². The van der Waals surface area contributed by atoms with Crippen molar-refractivity contribution in [1.29, 1.82) is 0 Å². The molecule has 2 rings (SSSR count). The molecular weight excluding hydrogens is 292 g/mol. The fourth-order valence-electron chi connectivity index (χ4n) is 1.40. The van der Waals surface area contributed by atoms with Gasteiger partial charge in [0.2, 0.25) is 0 Å². The zero-order valence-electron chi connectivity index (χ0n) is 8.25. The van der Waals surface area contributed by atoms with E-state index in [0.29, 0.717) is 10.5 Å². The standard InChI is InChI=1S/C12H8BrClFN/c13-6-8-5-11(12(14)16-7-8)9-1-3-10(15)4-2-9/h1-5,7H,6H2. The normalized spacial score (nSPS) is 10.4. The van der Waals surface area contributed by atoms with Gasteiger partial charge in [-0.1, -0.05) is 39.7 Å². The molecule has 0 saturated carbocycles. The Morgan fingerprint density at radius 1 is 1.25 bits per heavy atom. The van der Waals surface area contributed by atoms with Crippen LogP contribution >= 0.6 is 27.5 Å². The number of hydrogen-bond donors (Lipinski definition) is 0. The highest BCUT2D eigenvalue weighted by Gasteiger charge is 2.06. The fourth-order valence-corrected chi connectivity index (χ4v) is 1.92. The molecule has 1 heterocycles. The second-order valence-electron chi connectivity index (χ2n) is 3.32. The van der Waals surface area contributed by atoms with Crippen LogP contribution < -0.4 is 0 Å². The second-order valence-corrected chi connectivity index (χ2v) is 4.24. The summed E-state index contributed by atoms with van der Waals surface area (Å²) >= 11 is 9.36. The van der Waals surface area contributed by atoms with Crippen LogP contribution in [0.15, 0.2) is 36.5 Å². The summed E-state index contributed by atoms with van der Waals surface area (Å²) in [6.07, 6.45) is 1.71. The minimum atomic E-state index is -0.260. The number of benzene rings is 1. The molecule has 0 aliphatic heterocycles. The molecule has 1 aromatic carbocycles. The van der Waals surface area contributed by atoms with Gasteiger partial charge in [-0.3, -0.25) is 0 Å². The molecule has 0 N–H and O–H groups in total. The largest absolute Gasteiger partial charge is 0.244 e. The van der Waals surface area contributed by atoms with E-state index in [4.69, 9.17) is 11.6 Å². The molecule has 4 heteroatoms. The number of hydrogen-bond acceptors (Lipinski definition) is 1. The van der Waals surface area contributed by atoms with Crippen molar-refractivity contribution in [3.63, 3.8) is 0 Å². The van der Waals surface area contributed by atoms with E-state index >= 15 is 0 Å². The number of aromatic nitrogens is 1. The summed E-state index contributed by atoms with van der Waals surface area (Å²) in [5, 5.41) is 1.14. The fraction of sp³-hybridized carbons (Fsp3) is 0.0833. The summed E-state index contributed by atoms with van der Waals surface area (Å²) in [5.41, 5.74) is 2.71.